The molecule has 0 aliphatic carbocycles. The van der Waals surface area contributed by atoms with Gasteiger partial charge in [-0.1, -0.05) is 47.6 Å². The van der Waals surface area contributed by atoms with Crippen LogP contribution in [0.1, 0.15) is 12.5 Å². The molecule has 6 nitrogen and oxygen atoms in total. The largest absolute Gasteiger partial charge is 0.490 e. The molecule has 8 heteroatoms. The minimum Gasteiger partial charge on any atom is -0.490 e. The van der Waals surface area contributed by atoms with Gasteiger partial charge in [0.2, 0.25) is 0 Å². The number of amides is 1. The van der Waals surface area contributed by atoms with Crippen molar-refractivity contribution in [3.05, 3.63) is 75.8 Å². The number of nitrogens with zero attached hydrogens (tertiary/aromatic N) is 2. The van der Waals surface area contributed by atoms with Crippen LogP contribution in [-0.2, 0) is 4.79 Å². The maximum absolute atomic E-state index is 12.4. The van der Waals surface area contributed by atoms with Gasteiger partial charge < -0.3 is 9.47 Å². The van der Waals surface area contributed by atoms with E-state index in [1.807, 2.05) is 42.7 Å². The molecule has 0 spiro atoms. The van der Waals surface area contributed by atoms with E-state index in [4.69, 9.17) is 26.5 Å². The van der Waals surface area contributed by atoms with Crippen LogP contribution >= 0.6 is 23.4 Å². The molecule has 0 atom stereocenters. The van der Waals surface area contributed by atoms with Crippen LogP contribution in [0.25, 0.3) is 6.08 Å². The number of benzene rings is 2. The lowest BCUT2D eigenvalue weighted by atomic mass is 10.1. The Morgan fingerprint density at radius 1 is 1.17 bits per heavy atom. The van der Waals surface area contributed by atoms with Crippen molar-refractivity contribution in [3.63, 3.8) is 0 Å². The van der Waals surface area contributed by atoms with Gasteiger partial charge in [0.1, 0.15) is 30.5 Å². The van der Waals surface area contributed by atoms with Gasteiger partial charge in [-0.15, -0.1) is 0 Å². The highest BCUT2D eigenvalue weighted by Gasteiger charge is 2.33. The summed E-state index contributed by atoms with van der Waals surface area (Å²) in [5.74, 6) is 0.978. The number of ether oxygens (including phenoxy) is 2. The molecule has 0 saturated carbocycles. The Morgan fingerprint density at radius 2 is 1.93 bits per heavy atom. The third kappa shape index (κ3) is 4.27. The van der Waals surface area contributed by atoms with E-state index in [-0.39, 0.29) is 11.4 Å². The highest BCUT2D eigenvalue weighted by Crippen LogP contribution is 2.32. The van der Waals surface area contributed by atoms with E-state index in [0.717, 1.165) is 11.4 Å². The molecular formula is C22H18ClN3O3S. The van der Waals surface area contributed by atoms with Gasteiger partial charge in [0, 0.05) is 5.70 Å². The van der Waals surface area contributed by atoms with Crippen molar-refractivity contribution in [2.45, 2.75) is 6.92 Å². The molecule has 152 valence electrons. The van der Waals surface area contributed by atoms with Crippen LogP contribution in [0.3, 0.4) is 0 Å². The quantitative estimate of drug-likeness (QED) is 0.508. The maximum atomic E-state index is 12.4. The summed E-state index contributed by atoms with van der Waals surface area (Å²) in [5, 5.41) is 11.2. The predicted molar refractivity (Wildman–Crippen MR) is 120 cm³/mol. The number of nitrogens with one attached hydrogen (secondary N) is 1. The molecule has 1 N–H and O–H groups in total. The van der Waals surface area contributed by atoms with Crippen LogP contribution in [0.15, 0.2) is 70.2 Å². The van der Waals surface area contributed by atoms with Crippen LogP contribution in [-0.4, -0.2) is 35.0 Å². The second-order valence-electron chi connectivity index (χ2n) is 6.52. The fraction of sp³-hybridized carbons (Fsp3) is 0.136. The third-order valence-electron chi connectivity index (χ3n) is 4.40. The number of para-hydroxylation sites is 1. The number of allylic oxidation sites excluding steroid dienone is 1. The topological polar surface area (TPSA) is 75.0 Å². The monoisotopic (exact) mass is 439 g/mol. The molecular weight excluding hydrogens is 422 g/mol. The number of hydrogen-bond acceptors (Lipinski definition) is 5. The molecule has 4 rings (SSSR count). The normalized spacial score (nSPS) is 17.0. The summed E-state index contributed by atoms with van der Waals surface area (Å²) in [4.78, 5) is 18.1. The molecule has 2 heterocycles. The van der Waals surface area contributed by atoms with Crippen LogP contribution in [0, 0.1) is 5.41 Å². The minimum absolute atomic E-state index is 0.109. The van der Waals surface area contributed by atoms with Crippen molar-refractivity contribution in [1.29, 1.82) is 5.41 Å². The van der Waals surface area contributed by atoms with Crippen LogP contribution in [0.5, 0.6) is 11.5 Å². The van der Waals surface area contributed by atoms with Gasteiger partial charge in [-0.05, 0) is 48.2 Å². The number of halogens is 1. The van der Waals surface area contributed by atoms with E-state index in [2.05, 4.69) is 4.99 Å². The Kier molecular flexibility index (Phi) is 5.92. The number of carbonyl (C=O) groups excluding carboxylic acids is 1. The van der Waals surface area contributed by atoms with Gasteiger partial charge in [0.15, 0.2) is 5.17 Å². The molecule has 0 unspecified atom stereocenters. The van der Waals surface area contributed by atoms with Gasteiger partial charge in [-0.2, -0.15) is 4.99 Å². The Labute approximate surface area is 183 Å². The summed E-state index contributed by atoms with van der Waals surface area (Å²) in [5.41, 5.74) is 1.77. The van der Waals surface area contributed by atoms with Crippen molar-refractivity contribution in [2.75, 3.05) is 13.2 Å². The van der Waals surface area contributed by atoms with E-state index in [9.17, 15) is 4.79 Å². The predicted octanol–water partition coefficient (Wildman–Crippen LogP) is 4.96. The summed E-state index contributed by atoms with van der Waals surface area (Å²) in [6.07, 6.45) is 1.62. The summed E-state index contributed by atoms with van der Waals surface area (Å²) >= 11 is 7.68. The van der Waals surface area contributed by atoms with Crippen molar-refractivity contribution in [3.8, 4) is 11.5 Å². The average Bonchev–Trinajstić information content (AvgIpc) is 3.11. The fourth-order valence-corrected chi connectivity index (χ4v) is 4.06. The molecule has 0 bridgehead atoms. The Balaban J connectivity index is 1.42. The Hall–Kier alpha value is -3.03. The first kappa shape index (κ1) is 20.3. The fourth-order valence-electron chi connectivity index (χ4n) is 2.96. The lowest BCUT2D eigenvalue weighted by Gasteiger charge is -2.25. The first-order valence-electron chi connectivity index (χ1n) is 9.20. The van der Waals surface area contributed by atoms with Gasteiger partial charge in [-0.3, -0.25) is 15.1 Å². The molecule has 0 saturated heterocycles. The van der Waals surface area contributed by atoms with Crippen molar-refractivity contribution in [2.24, 2.45) is 4.99 Å². The third-order valence-corrected chi connectivity index (χ3v) is 5.64. The lowest BCUT2D eigenvalue weighted by molar-refractivity contribution is -0.114. The number of hydrogen-bond donors (Lipinski definition) is 1. The Bertz CT molecular complexity index is 1100. The standard InChI is InChI=1S/C22H18ClN3O3S/c1-14-13-30-22-25-21(27)17(20(24)26(14)22)11-15-7-8-19(18(23)12-15)29-10-9-28-16-5-3-2-4-6-16/h2-8,11-13,24H,9-10H2,1H3/b17-11-,24-20?. The number of thioether (sulfide) groups is 1. The smallest absolute Gasteiger partial charge is 0.283 e. The molecule has 0 fully saturated rings. The van der Waals surface area contributed by atoms with Gasteiger partial charge >= 0.3 is 0 Å². The average molecular weight is 440 g/mol. The molecule has 1 amide bonds. The van der Waals surface area contributed by atoms with E-state index in [0.29, 0.717) is 34.7 Å². The summed E-state index contributed by atoms with van der Waals surface area (Å²) in [7, 11) is 0. The summed E-state index contributed by atoms with van der Waals surface area (Å²) < 4.78 is 11.3. The zero-order valence-electron chi connectivity index (χ0n) is 16.1. The number of fused-ring (bicyclic) bond motifs is 1. The molecule has 2 aromatic carbocycles. The van der Waals surface area contributed by atoms with E-state index < -0.39 is 5.91 Å². The second-order valence-corrected chi connectivity index (χ2v) is 7.76. The minimum atomic E-state index is -0.434. The van der Waals surface area contributed by atoms with Crippen molar-refractivity contribution in [1.82, 2.24) is 4.90 Å². The molecule has 30 heavy (non-hydrogen) atoms. The molecule has 2 aliphatic rings. The van der Waals surface area contributed by atoms with Crippen molar-refractivity contribution >= 4 is 46.3 Å². The van der Waals surface area contributed by atoms with Crippen LogP contribution < -0.4 is 9.47 Å². The van der Waals surface area contributed by atoms with Crippen LogP contribution in [0.2, 0.25) is 5.02 Å². The number of amidine groups is 2. The first-order valence-corrected chi connectivity index (χ1v) is 10.5. The number of carbonyl (C=O) groups is 1. The zero-order chi connectivity index (χ0) is 21.1. The van der Waals surface area contributed by atoms with E-state index in [1.54, 1.807) is 29.2 Å². The van der Waals surface area contributed by atoms with E-state index in [1.165, 1.54) is 11.8 Å². The molecule has 0 aromatic heterocycles. The SMILES string of the molecule is CC1=CSC2=NC(=O)/C(=C\c3ccc(OCCOc4ccccc4)c(Cl)c3)C(=N)N12. The molecule has 2 aromatic rings. The highest BCUT2D eigenvalue weighted by atomic mass is 35.5. The van der Waals surface area contributed by atoms with Gasteiger partial charge in [0.05, 0.1) is 10.6 Å². The lowest BCUT2D eigenvalue weighted by Crippen LogP contribution is -2.37. The zero-order valence-corrected chi connectivity index (χ0v) is 17.7. The van der Waals surface area contributed by atoms with Crippen molar-refractivity contribution < 1.29 is 14.3 Å². The molecule has 2 aliphatic heterocycles. The number of aliphatic imine (C=N–C) groups is 1. The van der Waals surface area contributed by atoms with Gasteiger partial charge in [0.25, 0.3) is 5.91 Å². The van der Waals surface area contributed by atoms with Gasteiger partial charge in [-0.25, -0.2) is 0 Å². The maximum Gasteiger partial charge on any atom is 0.283 e. The first-order chi connectivity index (χ1) is 14.5. The van der Waals surface area contributed by atoms with Crippen LogP contribution in [0.4, 0.5) is 0 Å². The molecule has 0 radical (unpaired) electrons. The highest BCUT2D eigenvalue weighted by molar-refractivity contribution is 8.16. The summed E-state index contributed by atoms with van der Waals surface area (Å²) in [6, 6.07) is 14.7. The number of rotatable bonds is 6. The summed E-state index contributed by atoms with van der Waals surface area (Å²) in [6.45, 7) is 2.61. The Morgan fingerprint density at radius 3 is 2.70 bits per heavy atom. The van der Waals surface area contributed by atoms with E-state index >= 15 is 0 Å². The second kappa shape index (κ2) is 8.77.